The summed E-state index contributed by atoms with van der Waals surface area (Å²) in [6, 6.07) is 6.87. The Bertz CT molecular complexity index is 1470. The Kier molecular flexibility index (Phi) is 6.97. The molecule has 0 saturated carbocycles. The minimum Gasteiger partial charge on any atom is -0.381 e. The topological polar surface area (TPSA) is 79.8 Å². The van der Waals surface area contributed by atoms with Gasteiger partial charge in [-0.05, 0) is 49.1 Å². The molecule has 0 bridgehead atoms. The van der Waals surface area contributed by atoms with Gasteiger partial charge in [0.05, 0.1) is 22.2 Å². The molecule has 2 aromatic carbocycles. The van der Waals surface area contributed by atoms with Crippen LogP contribution in [0.2, 0.25) is 0 Å². The second-order valence-corrected chi connectivity index (χ2v) is 12.0. The first-order valence-corrected chi connectivity index (χ1v) is 14.0. The molecular weight excluding hydrogens is 520 g/mol. The third kappa shape index (κ3) is 4.72. The smallest absolute Gasteiger partial charge is 0.258 e. The van der Waals surface area contributed by atoms with E-state index >= 15 is 0 Å². The van der Waals surface area contributed by atoms with Crippen molar-refractivity contribution in [2.75, 3.05) is 32.2 Å². The van der Waals surface area contributed by atoms with Crippen molar-refractivity contribution in [1.29, 1.82) is 0 Å². The summed E-state index contributed by atoms with van der Waals surface area (Å²) in [5.74, 6) is -2.02. The summed E-state index contributed by atoms with van der Waals surface area (Å²) in [7, 11) is -1.10. The molecule has 0 spiro atoms. The molecule has 37 heavy (non-hydrogen) atoms. The van der Waals surface area contributed by atoms with Crippen LogP contribution in [0.3, 0.4) is 0 Å². The van der Waals surface area contributed by atoms with E-state index in [1.807, 2.05) is 0 Å². The zero-order valence-electron chi connectivity index (χ0n) is 20.2. The molecule has 1 atom stereocenters. The van der Waals surface area contributed by atoms with Gasteiger partial charge in [0, 0.05) is 56.1 Å². The van der Waals surface area contributed by atoms with Crippen molar-refractivity contribution < 1.29 is 26.7 Å². The molecule has 1 unspecified atom stereocenters. The van der Waals surface area contributed by atoms with Crippen LogP contribution in [0.5, 0.6) is 0 Å². The summed E-state index contributed by atoms with van der Waals surface area (Å²) in [5.41, 5.74) is 1.52. The van der Waals surface area contributed by atoms with Crippen LogP contribution in [0.1, 0.15) is 35.0 Å². The molecule has 1 fully saturated rings. The van der Waals surface area contributed by atoms with Crippen molar-refractivity contribution in [2.24, 2.45) is 5.92 Å². The number of carbonyl (C=O) groups excluding carboxylic acids is 1. The van der Waals surface area contributed by atoms with Crippen LogP contribution in [0.15, 0.2) is 52.9 Å². The number of ether oxygens (including phenoxy) is 1. The Balaban J connectivity index is 1.57. The molecule has 5 rings (SSSR count). The molecule has 2 aliphatic rings. The standard InChI is InChI=1S/C26H25F2N3O4S2/c1-30-23-6-4-18(14-20(23)21(26(30)32)15-24-29-9-12-36-24)37(33,34)31(2)25(16-7-10-35-11-8-16)19-5-3-17(27)13-22(19)28/h3-6,9,12-16,25H,7-8,10-11H2,1-2H3/b21-15+. The van der Waals surface area contributed by atoms with Crippen LogP contribution in [0.25, 0.3) is 11.6 Å². The normalized spacial score (nSPS) is 18.6. The van der Waals surface area contributed by atoms with E-state index in [2.05, 4.69) is 4.98 Å². The Labute approximate surface area is 218 Å². The Morgan fingerprint density at radius 3 is 2.62 bits per heavy atom. The average Bonchev–Trinajstić information content (AvgIpc) is 3.49. The van der Waals surface area contributed by atoms with Gasteiger partial charge >= 0.3 is 0 Å². The van der Waals surface area contributed by atoms with Crippen LogP contribution < -0.4 is 4.90 Å². The van der Waals surface area contributed by atoms with E-state index in [1.165, 1.54) is 41.5 Å². The fourth-order valence-electron chi connectivity index (χ4n) is 4.99. The lowest BCUT2D eigenvalue weighted by atomic mass is 9.87. The van der Waals surface area contributed by atoms with E-state index in [1.54, 1.807) is 30.8 Å². The largest absolute Gasteiger partial charge is 0.381 e. The fraction of sp³-hybridized carbons (Fsp3) is 0.308. The quantitative estimate of drug-likeness (QED) is 0.419. The number of carbonyl (C=O) groups is 1. The molecule has 2 aliphatic heterocycles. The number of thiazole rings is 1. The Hall–Kier alpha value is -2.99. The van der Waals surface area contributed by atoms with Gasteiger partial charge in [-0.15, -0.1) is 11.3 Å². The second kappa shape index (κ2) is 10.1. The molecule has 11 heteroatoms. The molecule has 7 nitrogen and oxygen atoms in total. The molecule has 1 amide bonds. The highest BCUT2D eigenvalue weighted by Gasteiger charge is 2.38. The average molecular weight is 546 g/mol. The number of likely N-dealkylation sites (N-methyl/N-ethyl adjacent to an activating group) is 1. The number of benzene rings is 2. The third-order valence-electron chi connectivity index (χ3n) is 6.94. The number of anilines is 1. The van der Waals surface area contributed by atoms with Gasteiger partial charge in [0.25, 0.3) is 5.91 Å². The summed E-state index contributed by atoms with van der Waals surface area (Å²) in [6.45, 7) is 0.853. The molecule has 3 aromatic rings. The molecule has 3 heterocycles. The van der Waals surface area contributed by atoms with Crippen molar-refractivity contribution in [1.82, 2.24) is 9.29 Å². The molecule has 194 valence electrons. The summed E-state index contributed by atoms with van der Waals surface area (Å²) >= 11 is 1.36. The van der Waals surface area contributed by atoms with Crippen LogP contribution in [0, 0.1) is 17.6 Å². The molecule has 0 radical (unpaired) electrons. The number of aromatic nitrogens is 1. The van der Waals surface area contributed by atoms with Crippen LogP contribution in [-0.4, -0.2) is 50.9 Å². The number of halogens is 2. The lowest BCUT2D eigenvalue weighted by molar-refractivity contribution is -0.112. The summed E-state index contributed by atoms with van der Waals surface area (Å²) in [4.78, 5) is 18.6. The number of hydrogen-bond acceptors (Lipinski definition) is 6. The number of nitrogens with zero attached hydrogens (tertiary/aromatic N) is 3. The minimum atomic E-state index is -4.14. The van der Waals surface area contributed by atoms with Crippen molar-refractivity contribution in [2.45, 2.75) is 23.8 Å². The summed E-state index contributed by atoms with van der Waals surface area (Å²) in [6.07, 6.45) is 4.34. The molecule has 1 aromatic heterocycles. The first-order valence-electron chi connectivity index (χ1n) is 11.7. The van der Waals surface area contributed by atoms with E-state index in [9.17, 15) is 22.0 Å². The number of fused-ring (bicyclic) bond motifs is 1. The van der Waals surface area contributed by atoms with E-state index in [0.29, 0.717) is 47.9 Å². The number of sulfonamides is 1. The van der Waals surface area contributed by atoms with Crippen LogP contribution in [-0.2, 0) is 19.6 Å². The summed E-state index contributed by atoms with van der Waals surface area (Å²) < 4.78 is 63.1. The maximum atomic E-state index is 15.0. The van der Waals surface area contributed by atoms with Gasteiger partial charge in [-0.1, -0.05) is 6.07 Å². The highest BCUT2D eigenvalue weighted by molar-refractivity contribution is 7.89. The van der Waals surface area contributed by atoms with Crippen molar-refractivity contribution in [3.8, 4) is 0 Å². The van der Waals surface area contributed by atoms with E-state index < -0.39 is 27.7 Å². The predicted molar refractivity (Wildman–Crippen MR) is 137 cm³/mol. The van der Waals surface area contributed by atoms with Crippen molar-refractivity contribution in [3.63, 3.8) is 0 Å². The van der Waals surface area contributed by atoms with Gasteiger partial charge in [-0.2, -0.15) is 4.31 Å². The highest BCUT2D eigenvalue weighted by Crippen LogP contribution is 2.42. The Morgan fingerprint density at radius 1 is 1.19 bits per heavy atom. The highest BCUT2D eigenvalue weighted by atomic mass is 32.2. The van der Waals surface area contributed by atoms with Gasteiger partial charge in [0.15, 0.2) is 0 Å². The maximum absolute atomic E-state index is 15.0. The number of rotatable bonds is 6. The lowest BCUT2D eigenvalue weighted by Gasteiger charge is -2.36. The Morgan fingerprint density at radius 2 is 1.95 bits per heavy atom. The monoisotopic (exact) mass is 545 g/mol. The second-order valence-electron chi connectivity index (χ2n) is 9.05. The van der Waals surface area contributed by atoms with E-state index in [0.717, 1.165) is 16.4 Å². The SMILES string of the molecule is CN1C(=O)/C(=C/c2nccs2)c2cc(S(=O)(=O)N(C)C(c3ccc(F)cc3F)C3CCOCC3)ccc21. The number of amides is 1. The van der Waals surface area contributed by atoms with Gasteiger partial charge in [0.1, 0.15) is 16.6 Å². The zero-order chi connectivity index (χ0) is 26.3. The lowest BCUT2D eigenvalue weighted by Crippen LogP contribution is -2.38. The minimum absolute atomic E-state index is 0.0264. The number of hydrogen-bond donors (Lipinski definition) is 0. The van der Waals surface area contributed by atoms with Crippen LogP contribution >= 0.6 is 11.3 Å². The molecule has 1 saturated heterocycles. The van der Waals surface area contributed by atoms with Crippen LogP contribution in [0.4, 0.5) is 14.5 Å². The predicted octanol–water partition coefficient (Wildman–Crippen LogP) is 4.73. The van der Waals surface area contributed by atoms with E-state index in [4.69, 9.17) is 4.74 Å². The van der Waals surface area contributed by atoms with E-state index in [-0.39, 0.29) is 22.3 Å². The molecule has 0 aliphatic carbocycles. The fourth-order valence-corrected chi connectivity index (χ4v) is 6.99. The van der Waals surface area contributed by atoms with Gasteiger partial charge in [-0.25, -0.2) is 22.2 Å². The van der Waals surface area contributed by atoms with Crippen molar-refractivity contribution in [3.05, 3.63) is 75.7 Å². The first-order chi connectivity index (χ1) is 17.7. The molecular formula is C26H25F2N3O4S2. The third-order valence-corrected chi connectivity index (χ3v) is 9.49. The maximum Gasteiger partial charge on any atom is 0.258 e. The van der Waals surface area contributed by atoms with Gasteiger partial charge < -0.3 is 9.64 Å². The summed E-state index contributed by atoms with van der Waals surface area (Å²) in [5, 5.41) is 2.42. The van der Waals surface area contributed by atoms with Gasteiger partial charge in [-0.3, -0.25) is 4.79 Å². The molecule has 0 N–H and O–H groups in total. The first kappa shape index (κ1) is 25.7. The van der Waals surface area contributed by atoms with Crippen molar-refractivity contribution >= 4 is 44.6 Å². The zero-order valence-corrected chi connectivity index (χ0v) is 21.9. The van der Waals surface area contributed by atoms with Gasteiger partial charge in [0.2, 0.25) is 10.0 Å².